The van der Waals surface area contributed by atoms with Gasteiger partial charge in [0.05, 0.1) is 6.61 Å². The van der Waals surface area contributed by atoms with E-state index in [-0.39, 0.29) is 5.97 Å². The van der Waals surface area contributed by atoms with Crippen molar-refractivity contribution in [2.75, 3.05) is 19.7 Å². The average molecular weight is 189 g/mol. The Bertz CT molecular complexity index is 144. The predicted octanol–water partition coefficient (Wildman–Crippen LogP) is -0.537. The molecule has 0 amide bonds. The van der Waals surface area contributed by atoms with Gasteiger partial charge < -0.3 is 10.5 Å². The fraction of sp³-hybridized carbons (Fsp3) is 0.875. The van der Waals surface area contributed by atoms with Crippen LogP contribution >= 0.6 is 0 Å². The van der Waals surface area contributed by atoms with E-state index in [2.05, 4.69) is 4.74 Å². The Morgan fingerprint density at radius 2 is 2.31 bits per heavy atom. The summed E-state index contributed by atoms with van der Waals surface area (Å²) in [7, 11) is 0. The summed E-state index contributed by atoms with van der Waals surface area (Å²) >= 11 is 0. The largest absolute Gasteiger partial charge is 0.466 e. The van der Waals surface area contributed by atoms with Gasteiger partial charge in [0.1, 0.15) is 0 Å². The highest BCUT2D eigenvalue weighted by molar-refractivity contribution is 5.65. The quantitative estimate of drug-likeness (QED) is 0.428. The molecule has 0 radical (unpaired) electrons. The molecule has 1 fully saturated rings. The maximum Gasteiger partial charge on any atom is 0.302 e. The van der Waals surface area contributed by atoms with Crippen molar-refractivity contribution in [3.63, 3.8) is 0 Å². The number of hydrogen-bond donors (Lipinski definition) is 2. The fourth-order valence-electron chi connectivity index (χ4n) is 1.02. The molecule has 1 saturated heterocycles. The summed E-state index contributed by atoms with van der Waals surface area (Å²) in [6.07, 6.45) is 1.05. The maximum absolute atomic E-state index is 9.82. The number of nitrogens with zero attached hydrogens (tertiary/aromatic N) is 1. The normalized spacial score (nSPS) is 22.0. The highest BCUT2D eigenvalue weighted by Gasteiger charge is 2.14. The molecule has 0 spiro atoms. The van der Waals surface area contributed by atoms with Gasteiger partial charge in [0.25, 0.3) is 0 Å². The van der Waals surface area contributed by atoms with Crippen molar-refractivity contribution >= 4 is 5.97 Å². The molecule has 0 aliphatic carbocycles. The zero-order valence-electron chi connectivity index (χ0n) is 8.32. The minimum absolute atomic E-state index is 0.211. The molecule has 78 valence electrons. The highest BCUT2D eigenvalue weighted by atomic mass is 16.5. The van der Waals surface area contributed by atoms with Crippen molar-refractivity contribution in [1.82, 2.24) is 5.01 Å². The van der Waals surface area contributed by atoms with Crippen LogP contribution in [0.3, 0.4) is 0 Å². The third kappa shape index (κ3) is 7.70. The second-order valence-electron chi connectivity index (χ2n) is 2.97. The van der Waals surface area contributed by atoms with E-state index in [4.69, 9.17) is 11.6 Å². The number of ether oxygens (including phenoxy) is 1. The third-order valence-corrected chi connectivity index (χ3v) is 1.60. The second-order valence-corrected chi connectivity index (χ2v) is 2.97. The molecular weight excluding hydrogens is 170 g/mol. The van der Waals surface area contributed by atoms with Crippen molar-refractivity contribution < 1.29 is 9.53 Å². The van der Waals surface area contributed by atoms with Gasteiger partial charge >= 0.3 is 5.97 Å². The van der Waals surface area contributed by atoms with Crippen LogP contribution in [-0.2, 0) is 9.53 Å². The summed E-state index contributed by atoms with van der Waals surface area (Å²) in [4.78, 5) is 9.82. The van der Waals surface area contributed by atoms with Crippen LogP contribution in [0.4, 0.5) is 0 Å². The molecule has 1 aliphatic heterocycles. The topological polar surface area (TPSA) is 81.6 Å². The maximum atomic E-state index is 9.82. The number of rotatable bonds is 1. The van der Waals surface area contributed by atoms with Crippen LogP contribution in [0.15, 0.2) is 0 Å². The van der Waals surface area contributed by atoms with Gasteiger partial charge in [0, 0.05) is 26.1 Å². The van der Waals surface area contributed by atoms with Gasteiger partial charge in [0.15, 0.2) is 0 Å². The zero-order valence-corrected chi connectivity index (χ0v) is 8.32. The first-order valence-corrected chi connectivity index (χ1v) is 4.44. The number of nitrogens with two attached hydrogens (primary N) is 2. The van der Waals surface area contributed by atoms with Crippen molar-refractivity contribution in [2.24, 2.45) is 11.6 Å². The Kier molecular flexibility index (Phi) is 6.48. The standard InChI is InChI=1S/C4H11N3.C4H8O2/c5-4-1-2-7(6)3-4;1-3-6-4(2)5/h4H,1-3,5-6H2;3H2,1-2H3/t4-;/m0./s1. The lowest BCUT2D eigenvalue weighted by atomic mass is 10.3. The van der Waals surface area contributed by atoms with Gasteiger partial charge in [-0.15, -0.1) is 0 Å². The molecule has 5 heteroatoms. The van der Waals surface area contributed by atoms with Gasteiger partial charge in [-0.3, -0.25) is 10.6 Å². The van der Waals surface area contributed by atoms with E-state index in [0.29, 0.717) is 12.6 Å². The Morgan fingerprint density at radius 3 is 2.38 bits per heavy atom. The van der Waals surface area contributed by atoms with E-state index >= 15 is 0 Å². The van der Waals surface area contributed by atoms with E-state index < -0.39 is 0 Å². The molecule has 5 nitrogen and oxygen atoms in total. The molecule has 4 N–H and O–H groups in total. The Labute approximate surface area is 79.0 Å². The summed E-state index contributed by atoms with van der Waals surface area (Å²) in [6.45, 7) is 5.47. The van der Waals surface area contributed by atoms with E-state index in [1.165, 1.54) is 6.92 Å². The SMILES string of the molecule is CCOC(C)=O.N[C@H]1CCN(N)C1. The molecule has 13 heavy (non-hydrogen) atoms. The van der Waals surface area contributed by atoms with E-state index in [1.807, 2.05) is 0 Å². The number of hydrogen-bond acceptors (Lipinski definition) is 5. The van der Waals surface area contributed by atoms with Gasteiger partial charge in [-0.05, 0) is 13.3 Å². The van der Waals surface area contributed by atoms with E-state index in [9.17, 15) is 4.79 Å². The molecule has 1 rings (SSSR count). The smallest absolute Gasteiger partial charge is 0.302 e. The van der Waals surface area contributed by atoms with E-state index in [0.717, 1.165) is 19.5 Å². The lowest BCUT2D eigenvalue weighted by Crippen LogP contribution is -2.31. The van der Waals surface area contributed by atoms with Gasteiger partial charge in [0.2, 0.25) is 0 Å². The van der Waals surface area contributed by atoms with Crippen LogP contribution in [0, 0.1) is 0 Å². The van der Waals surface area contributed by atoms with Crippen LogP contribution in [0.5, 0.6) is 0 Å². The molecule has 0 aromatic rings. The summed E-state index contributed by atoms with van der Waals surface area (Å²) in [5.74, 6) is 5.17. The number of carbonyl (C=O) groups is 1. The molecular formula is C8H19N3O2. The van der Waals surface area contributed by atoms with Gasteiger partial charge in [-0.25, -0.2) is 5.01 Å². The highest BCUT2D eigenvalue weighted by Crippen LogP contribution is 1.99. The Balaban J connectivity index is 0.000000226. The summed E-state index contributed by atoms with van der Waals surface area (Å²) in [6, 6.07) is 0.324. The van der Waals surface area contributed by atoms with Crippen molar-refractivity contribution in [3.05, 3.63) is 0 Å². The van der Waals surface area contributed by atoms with Crippen LogP contribution in [0.1, 0.15) is 20.3 Å². The Morgan fingerprint density at radius 1 is 1.69 bits per heavy atom. The van der Waals surface area contributed by atoms with Crippen LogP contribution in [0.2, 0.25) is 0 Å². The second kappa shape index (κ2) is 6.82. The molecule has 0 bridgehead atoms. The van der Waals surface area contributed by atoms with E-state index in [1.54, 1.807) is 11.9 Å². The number of carbonyl (C=O) groups excluding carboxylic acids is 1. The van der Waals surface area contributed by atoms with Crippen molar-refractivity contribution in [1.29, 1.82) is 0 Å². The Hall–Kier alpha value is -0.650. The van der Waals surface area contributed by atoms with Crippen LogP contribution in [-0.4, -0.2) is 36.7 Å². The summed E-state index contributed by atoms with van der Waals surface area (Å²) in [5, 5.41) is 1.75. The number of hydrazine groups is 1. The molecule has 1 aliphatic rings. The fourth-order valence-corrected chi connectivity index (χ4v) is 1.02. The van der Waals surface area contributed by atoms with Crippen LogP contribution < -0.4 is 11.6 Å². The molecule has 1 atom stereocenters. The monoisotopic (exact) mass is 189 g/mol. The molecule has 1 heterocycles. The van der Waals surface area contributed by atoms with Gasteiger partial charge in [-0.2, -0.15) is 0 Å². The molecule has 0 aromatic carbocycles. The van der Waals surface area contributed by atoms with Crippen LogP contribution in [0.25, 0.3) is 0 Å². The average Bonchev–Trinajstić information content (AvgIpc) is 2.35. The minimum Gasteiger partial charge on any atom is -0.466 e. The lowest BCUT2D eigenvalue weighted by molar-refractivity contribution is -0.140. The molecule has 0 saturated carbocycles. The number of esters is 1. The first-order valence-electron chi connectivity index (χ1n) is 4.44. The summed E-state index contributed by atoms with van der Waals surface area (Å²) < 4.78 is 4.40. The van der Waals surface area contributed by atoms with Crippen molar-refractivity contribution in [2.45, 2.75) is 26.3 Å². The van der Waals surface area contributed by atoms with Gasteiger partial charge in [-0.1, -0.05) is 0 Å². The minimum atomic E-state index is -0.211. The van der Waals surface area contributed by atoms with Crippen molar-refractivity contribution in [3.8, 4) is 0 Å². The molecule has 0 aromatic heterocycles. The third-order valence-electron chi connectivity index (χ3n) is 1.60. The lowest BCUT2D eigenvalue weighted by Gasteiger charge is -2.03. The molecule has 0 unspecified atom stereocenters. The first-order chi connectivity index (χ1) is 6.06. The summed E-state index contributed by atoms with van der Waals surface area (Å²) in [5.41, 5.74) is 5.50. The zero-order chi connectivity index (χ0) is 10.3. The first kappa shape index (κ1) is 12.3. The predicted molar refractivity (Wildman–Crippen MR) is 50.7 cm³/mol.